The van der Waals surface area contributed by atoms with E-state index >= 15 is 0 Å². The van der Waals surface area contributed by atoms with Crippen molar-refractivity contribution in [1.82, 2.24) is 4.57 Å². The molecule has 0 radical (unpaired) electrons. The number of thiazole rings is 1. The summed E-state index contributed by atoms with van der Waals surface area (Å²) in [6.45, 7) is 1.95. The van der Waals surface area contributed by atoms with Crippen LogP contribution >= 0.6 is 56.5 Å². The number of rotatable bonds is 9. The summed E-state index contributed by atoms with van der Waals surface area (Å²) in [5, 5.41) is 11.1. The van der Waals surface area contributed by atoms with E-state index in [0.717, 1.165) is 12.7 Å². The van der Waals surface area contributed by atoms with Crippen LogP contribution in [0.3, 0.4) is 0 Å². The fraction of sp³-hybridized carbons (Fsp3) is 0.114. The van der Waals surface area contributed by atoms with Gasteiger partial charge in [0.2, 0.25) is 0 Å². The van der Waals surface area contributed by atoms with Crippen molar-refractivity contribution < 1.29 is 23.6 Å². The summed E-state index contributed by atoms with van der Waals surface area (Å²) in [5.41, 5.74) is 2.70. The van der Waals surface area contributed by atoms with Crippen LogP contribution in [0.4, 0.5) is 10.1 Å². The number of halogens is 3. The number of nitro groups is 1. The van der Waals surface area contributed by atoms with Crippen LogP contribution in [-0.2, 0) is 16.1 Å². The maximum Gasteiger partial charge on any atom is 0.338 e. The van der Waals surface area contributed by atoms with Gasteiger partial charge in [0.15, 0.2) is 4.80 Å². The first kappa shape index (κ1) is 33.7. The van der Waals surface area contributed by atoms with Crippen molar-refractivity contribution >= 4 is 79.9 Å². The number of esters is 1. The first-order valence-corrected chi connectivity index (χ1v) is 17.5. The second-order valence-corrected chi connectivity index (χ2v) is 13.9. The molecule has 1 aliphatic rings. The largest absolute Gasteiger partial charge is 0.487 e. The molecule has 5 aromatic rings. The third kappa shape index (κ3) is 6.98. The molecule has 0 bridgehead atoms. The SMILES string of the molecule is CCOC(=O)C1=C(c2ccccc2)N=c2s/c(=C\c3cc(I)cc(I)c3OCc3ccc([N+](=O)[O-])cc3)c(=O)n2[C@@H]1c1ccc(F)cc1. The van der Waals surface area contributed by atoms with Crippen molar-refractivity contribution in [1.29, 1.82) is 0 Å². The summed E-state index contributed by atoms with van der Waals surface area (Å²) in [7, 11) is 0. The zero-order valence-electron chi connectivity index (χ0n) is 25.1. The molecule has 9 nitrogen and oxygen atoms in total. The van der Waals surface area contributed by atoms with Crippen LogP contribution in [0, 0.1) is 23.1 Å². The molecule has 0 saturated carbocycles. The van der Waals surface area contributed by atoms with Crippen LogP contribution in [0.1, 0.15) is 35.2 Å². The maximum absolute atomic E-state index is 14.3. The summed E-state index contributed by atoms with van der Waals surface area (Å²) >= 11 is 5.53. The van der Waals surface area contributed by atoms with Crippen LogP contribution < -0.4 is 19.6 Å². The highest BCUT2D eigenvalue weighted by molar-refractivity contribution is 14.1. The normalized spacial score (nSPS) is 14.3. The lowest BCUT2D eigenvalue weighted by Crippen LogP contribution is -2.40. The Balaban J connectivity index is 1.52. The number of fused-ring (bicyclic) bond motifs is 1. The number of nitrogens with zero attached hydrogens (tertiary/aromatic N) is 3. The molecule has 0 saturated heterocycles. The molecule has 6 rings (SSSR count). The molecule has 0 fully saturated rings. The van der Waals surface area contributed by atoms with E-state index < -0.39 is 28.3 Å². The number of hydrogen-bond acceptors (Lipinski definition) is 8. The lowest BCUT2D eigenvalue weighted by atomic mass is 9.93. The van der Waals surface area contributed by atoms with Gasteiger partial charge in [-0.25, -0.2) is 14.2 Å². The molecule has 0 N–H and O–H groups in total. The Bertz CT molecular complexity index is 2250. The number of carbonyl (C=O) groups is 1. The minimum absolute atomic E-state index is 0.0147. The molecule has 2 heterocycles. The third-order valence-electron chi connectivity index (χ3n) is 7.41. The topological polar surface area (TPSA) is 113 Å². The van der Waals surface area contributed by atoms with Gasteiger partial charge in [-0.1, -0.05) is 53.8 Å². The molecule has 0 aliphatic carbocycles. The summed E-state index contributed by atoms with van der Waals surface area (Å²) in [6, 6.07) is 23.9. The Morgan fingerprint density at radius 2 is 1.77 bits per heavy atom. The van der Waals surface area contributed by atoms with Gasteiger partial charge in [-0.15, -0.1) is 0 Å². The van der Waals surface area contributed by atoms with Crippen LogP contribution in [0.2, 0.25) is 0 Å². The second kappa shape index (κ2) is 14.5. The fourth-order valence-corrected chi connectivity index (χ4v) is 8.29. The molecule has 0 amide bonds. The third-order valence-corrected chi connectivity index (χ3v) is 9.82. The molecular weight excluding hydrogens is 863 g/mol. The summed E-state index contributed by atoms with van der Waals surface area (Å²) in [4.78, 5) is 43.8. The summed E-state index contributed by atoms with van der Waals surface area (Å²) < 4.78 is 29.3. The number of aromatic nitrogens is 1. The number of hydrogen-bond donors (Lipinski definition) is 0. The first-order valence-electron chi connectivity index (χ1n) is 14.5. The average Bonchev–Trinajstić information content (AvgIpc) is 3.38. The van der Waals surface area contributed by atoms with E-state index in [2.05, 4.69) is 45.2 Å². The van der Waals surface area contributed by atoms with Crippen molar-refractivity contribution in [2.24, 2.45) is 4.99 Å². The molecule has 0 unspecified atom stereocenters. The van der Waals surface area contributed by atoms with E-state index in [9.17, 15) is 24.1 Å². The minimum Gasteiger partial charge on any atom is -0.487 e. The Hall–Kier alpha value is -4.22. The van der Waals surface area contributed by atoms with E-state index in [1.54, 1.807) is 37.3 Å². The van der Waals surface area contributed by atoms with Gasteiger partial charge in [0, 0.05) is 26.8 Å². The summed E-state index contributed by atoms with van der Waals surface area (Å²) in [6.07, 6.45) is 1.73. The molecule has 0 spiro atoms. The number of ether oxygens (including phenoxy) is 2. The van der Waals surface area contributed by atoms with E-state index in [0.29, 0.717) is 37.5 Å². The number of carbonyl (C=O) groups excluding carboxylic acids is 1. The lowest BCUT2D eigenvalue weighted by molar-refractivity contribution is -0.384. The predicted molar refractivity (Wildman–Crippen MR) is 197 cm³/mol. The van der Waals surface area contributed by atoms with E-state index in [-0.39, 0.29) is 24.5 Å². The quantitative estimate of drug-likeness (QED) is 0.0700. The zero-order chi connectivity index (χ0) is 33.9. The van der Waals surface area contributed by atoms with Gasteiger partial charge in [-0.05, 0) is 106 Å². The Morgan fingerprint density at radius 3 is 2.44 bits per heavy atom. The Labute approximate surface area is 304 Å². The second-order valence-electron chi connectivity index (χ2n) is 10.5. The van der Waals surface area contributed by atoms with Gasteiger partial charge in [0.1, 0.15) is 18.2 Å². The molecule has 13 heteroatoms. The number of nitro benzene ring substituents is 1. The first-order chi connectivity index (χ1) is 23.1. The van der Waals surface area contributed by atoms with Gasteiger partial charge >= 0.3 is 5.97 Å². The van der Waals surface area contributed by atoms with Crippen molar-refractivity contribution in [3.05, 3.63) is 162 Å². The van der Waals surface area contributed by atoms with Crippen molar-refractivity contribution in [3.8, 4) is 5.75 Å². The molecule has 1 aliphatic heterocycles. The Kier molecular flexibility index (Phi) is 10.2. The van der Waals surface area contributed by atoms with E-state index in [1.807, 2.05) is 42.5 Å². The van der Waals surface area contributed by atoms with Crippen LogP contribution in [0.5, 0.6) is 5.75 Å². The van der Waals surface area contributed by atoms with Crippen LogP contribution in [-0.4, -0.2) is 22.1 Å². The molecule has 1 aromatic heterocycles. The van der Waals surface area contributed by atoms with E-state index in [1.165, 1.54) is 40.2 Å². The number of benzene rings is 4. The highest BCUT2D eigenvalue weighted by atomic mass is 127. The Morgan fingerprint density at radius 1 is 1.06 bits per heavy atom. The van der Waals surface area contributed by atoms with Crippen molar-refractivity contribution in [3.63, 3.8) is 0 Å². The fourth-order valence-electron chi connectivity index (χ4n) is 5.25. The molecule has 242 valence electrons. The monoisotopic (exact) mass is 887 g/mol. The van der Waals surface area contributed by atoms with Gasteiger partial charge in [-0.2, -0.15) is 0 Å². The average molecular weight is 887 g/mol. The maximum atomic E-state index is 14.3. The molecule has 4 aromatic carbocycles. The zero-order valence-corrected chi connectivity index (χ0v) is 30.2. The van der Waals surface area contributed by atoms with Gasteiger partial charge < -0.3 is 9.47 Å². The predicted octanol–water partition coefficient (Wildman–Crippen LogP) is 6.77. The van der Waals surface area contributed by atoms with E-state index in [4.69, 9.17) is 14.5 Å². The van der Waals surface area contributed by atoms with Crippen molar-refractivity contribution in [2.45, 2.75) is 19.6 Å². The number of non-ortho nitro benzene ring substituents is 1. The van der Waals surface area contributed by atoms with Crippen LogP contribution in [0.15, 0.2) is 106 Å². The smallest absolute Gasteiger partial charge is 0.338 e. The summed E-state index contributed by atoms with van der Waals surface area (Å²) in [5.74, 6) is -0.545. The molecule has 48 heavy (non-hydrogen) atoms. The minimum atomic E-state index is -0.938. The van der Waals surface area contributed by atoms with Gasteiger partial charge in [0.05, 0.1) is 36.9 Å². The van der Waals surface area contributed by atoms with Gasteiger partial charge in [0.25, 0.3) is 11.2 Å². The van der Waals surface area contributed by atoms with Crippen molar-refractivity contribution in [2.75, 3.05) is 6.61 Å². The molecular formula is C35H24FI2N3O6S. The van der Waals surface area contributed by atoms with Crippen LogP contribution in [0.25, 0.3) is 11.8 Å². The highest BCUT2D eigenvalue weighted by Crippen LogP contribution is 2.35. The molecule has 1 atom stereocenters. The van der Waals surface area contributed by atoms with Gasteiger partial charge in [-0.3, -0.25) is 19.5 Å². The standard InChI is InChI=1S/C35H24FI2N3O6S/c1-2-46-34(43)29-30(21-6-4-3-5-7-21)39-35-40(31(29)22-10-12-24(36)13-11-22)33(42)28(48-35)17-23-16-25(37)18-27(38)32(23)47-19-20-8-14-26(15-9-20)41(44)45/h3-18,31H,2,19H2,1H3/b28-17-/t31-/m1/s1. The highest BCUT2D eigenvalue weighted by Gasteiger charge is 2.35. The lowest BCUT2D eigenvalue weighted by Gasteiger charge is -2.25.